The number of rotatable bonds is 3. The highest BCUT2D eigenvalue weighted by molar-refractivity contribution is 5.88. The molecule has 0 radical (unpaired) electrons. The second kappa shape index (κ2) is 4.94. The van der Waals surface area contributed by atoms with Crippen LogP contribution in [0.25, 0.3) is 5.69 Å². The Bertz CT molecular complexity index is 666. The number of aromatic carboxylic acids is 1. The first-order valence-corrected chi connectivity index (χ1v) is 5.86. The van der Waals surface area contributed by atoms with E-state index in [0.717, 1.165) is 5.69 Å². The Morgan fingerprint density at radius 2 is 2.16 bits per heavy atom. The molecule has 0 atom stereocenters. The van der Waals surface area contributed by atoms with Crippen LogP contribution >= 0.6 is 0 Å². The second-order valence-electron chi connectivity index (χ2n) is 4.49. The Hall–Kier alpha value is -2.61. The maximum Gasteiger partial charge on any atom is 0.335 e. The van der Waals surface area contributed by atoms with Crippen molar-refractivity contribution in [1.29, 1.82) is 5.26 Å². The lowest BCUT2D eigenvalue weighted by atomic mass is 10.1. The van der Waals surface area contributed by atoms with E-state index in [1.807, 2.05) is 26.0 Å². The van der Waals surface area contributed by atoms with Gasteiger partial charge >= 0.3 is 5.97 Å². The van der Waals surface area contributed by atoms with Crippen molar-refractivity contribution in [3.8, 4) is 11.8 Å². The third-order valence-electron chi connectivity index (χ3n) is 2.81. The van der Waals surface area contributed by atoms with E-state index in [4.69, 9.17) is 10.4 Å². The summed E-state index contributed by atoms with van der Waals surface area (Å²) in [6.45, 7) is 4.07. The summed E-state index contributed by atoms with van der Waals surface area (Å²) < 4.78 is 1.60. The van der Waals surface area contributed by atoms with Gasteiger partial charge in [0.25, 0.3) is 0 Å². The third kappa shape index (κ3) is 2.47. The lowest BCUT2D eigenvalue weighted by molar-refractivity contribution is 0.0697. The van der Waals surface area contributed by atoms with Gasteiger partial charge in [-0.05, 0) is 30.2 Å². The monoisotopic (exact) mass is 255 g/mol. The number of hydrogen-bond acceptors (Lipinski definition) is 3. The fourth-order valence-corrected chi connectivity index (χ4v) is 1.74. The van der Waals surface area contributed by atoms with Crippen LogP contribution in [0.1, 0.15) is 41.4 Å². The lowest BCUT2D eigenvalue weighted by Gasteiger charge is -2.05. The molecule has 0 spiro atoms. The molecule has 5 nitrogen and oxygen atoms in total. The van der Waals surface area contributed by atoms with E-state index >= 15 is 0 Å². The van der Waals surface area contributed by atoms with Crippen LogP contribution < -0.4 is 0 Å². The molecule has 2 rings (SSSR count). The number of nitriles is 1. The SMILES string of the molecule is CC(C)c1ccn(-c2ccc(C(=O)O)cc2C#N)n1. The van der Waals surface area contributed by atoms with Crippen molar-refractivity contribution >= 4 is 5.97 Å². The van der Waals surface area contributed by atoms with Crippen molar-refractivity contribution in [3.63, 3.8) is 0 Å². The van der Waals surface area contributed by atoms with E-state index in [1.54, 1.807) is 16.9 Å². The molecule has 1 heterocycles. The van der Waals surface area contributed by atoms with E-state index in [1.165, 1.54) is 12.1 Å². The Labute approximate surface area is 110 Å². The van der Waals surface area contributed by atoms with E-state index < -0.39 is 5.97 Å². The molecule has 0 saturated heterocycles. The molecule has 19 heavy (non-hydrogen) atoms. The molecule has 1 aromatic carbocycles. The fourth-order valence-electron chi connectivity index (χ4n) is 1.74. The number of carboxylic acid groups (broad SMARTS) is 1. The number of aromatic nitrogens is 2. The fraction of sp³-hybridized carbons (Fsp3) is 0.214. The minimum Gasteiger partial charge on any atom is -0.478 e. The Morgan fingerprint density at radius 3 is 2.68 bits per heavy atom. The highest BCUT2D eigenvalue weighted by Gasteiger charge is 2.11. The van der Waals surface area contributed by atoms with Crippen LogP contribution in [0.3, 0.4) is 0 Å². The molecule has 0 aliphatic rings. The normalized spacial score (nSPS) is 10.4. The van der Waals surface area contributed by atoms with Gasteiger partial charge in [0.2, 0.25) is 0 Å². The van der Waals surface area contributed by atoms with Gasteiger partial charge in [-0.3, -0.25) is 0 Å². The number of nitrogens with zero attached hydrogens (tertiary/aromatic N) is 3. The molecule has 0 aliphatic carbocycles. The van der Waals surface area contributed by atoms with Gasteiger partial charge in [0.15, 0.2) is 0 Å². The lowest BCUT2D eigenvalue weighted by Crippen LogP contribution is -2.03. The van der Waals surface area contributed by atoms with E-state index in [9.17, 15) is 4.79 Å². The van der Waals surface area contributed by atoms with Crippen LogP contribution in [0.5, 0.6) is 0 Å². The van der Waals surface area contributed by atoms with Crippen LogP contribution in [0.2, 0.25) is 0 Å². The zero-order chi connectivity index (χ0) is 14.0. The van der Waals surface area contributed by atoms with Crippen molar-refractivity contribution in [2.75, 3.05) is 0 Å². The summed E-state index contributed by atoms with van der Waals surface area (Å²) in [6.07, 6.45) is 1.77. The Balaban J connectivity index is 2.50. The quantitative estimate of drug-likeness (QED) is 0.914. The minimum atomic E-state index is -1.05. The predicted octanol–water partition coefficient (Wildman–Crippen LogP) is 2.57. The molecular formula is C14H13N3O2. The van der Waals surface area contributed by atoms with Crippen molar-refractivity contribution < 1.29 is 9.90 Å². The number of carbonyl (C=O) groups is 1. The number of benzene rings is 1. The predicted molar refractivity (Wildman–Crippen MR) is 69.3 cm³/mol. The standard InChI is InChI=1S/C14H13N3O2/c1-9(2)12-5-6-17(16-12)13-4-3-10(14(18)19)7-11(13)8-15/h3-7,9H,1-2H3,(H,18,19). The molecule has 96 valence electrons. The van der Waals surface area contributed by atoms with Crippen LogP contribution in [-0.4, -0.2) is 20.9 Å². The Kier molecular flexibility index (Phi) is 3.34. The summed E-state index contributed by atoms with van der Waals surface area (Å²) in [5.41, 5.74) is 1.89. The maximum absolute atomic E-state index is 10.9. The number of carboxylic acids is 1. The summed E-state index contributed by atoms with van der Waals surface area (Å²) in [7, 11) is 0. The molecule has 0 amide bonds. The van der Waals surface area contributed by atoms with E-state index in [0.29, 0.717) is 17.2 Å². The van der Waals surface area contributed by atoms with Crippen molar-refractivity contribution in [2.45, 2.75) is 19.8 Å². The van der Waals surface area contributed by atoms with Crippen molar-refractivity contribution in [3.05, 3.63) is 47.3 Å². The van der Waals surface area contributed by atoms with Gasteiger partial charge in [0.1, 0.15) is 6.07 Å². The van der Waals surface area contributed by atoms with Gasteiger partial charge in [-0.25, -0.2) is 9.48 Å². The smallest absolute Gasteiger partial charge is 0.335 e. The number of hydrogen-bond donors (Lipinski definition) is 1. The summed E-state index contributed by atoms with van der Waals surface area (Å²) in [5.74, 6) is -0.753. The van der Waals surface area contributed by atoms with E-state index in [-0.39, 0.29) is 5.56 Å². The highest BCUT2D eigenvalue weighted by atomic mass is 16.4. The second-order valence-corrected chi connectivity index (χ2v) is 4.49. The van der Waals surface area contributed by atoms with E-state index in [2.05, 4.69) is 5.10 Å². The first-order valence-electron chi connectivity index (χ1n) is 5.86. The summed E-state index contributed by atoms with van der Waals surface area (Å²) in [4.78, 5) is 10.9. The molecule has 1 aromatic heterocycles. The Morgan fingerprint density at radius 1 is 1.42 bits per heavy atom. The van der Waals surface area contributed by atoms with Gasteiger partial charge in [-0.15, -0.1) is 0 Å². The minimum absolute atomic E-state index is 0.0940. The largest absolute Gasteiger partial charge is 0.478 e. The summed E-state index contributed by atoms with van der Waals surface area (Å²) in [5, 5.41) is 22.4. The van der Waals surface area contributed by atoms with Crippen molar-refractivity contribution in [2.24, 2.45) is 0 Å². The highest BCUT2D eigenvalue weighted by Crippen LogP contribution is 2.18. The molecule has 5 heteroatoms. The molecule has 0 bridgehead atoms. The molecule has 0 saturated carbocycles. The van der Waals surface area contributed by atoms with Crippen LogP contribution in [0.15, 0.2) is 30.5 Å². The molecular weight excluding hydrogens is 242 g/mol. The van der Waals surface area contributed by atoms with Crippen LogP contribution in [-0.2, 0) is 0 Å². The van der Waals surface area contributed by atoms with Gasteiger partial charge in [0.05, 0.1) is 22.5 Å². The zero-order valence-corrected chi connectivity index (χ0v) is 10.7. The molecule has 0 unspecified atom stereocenters. The van der Waals surface area contributed by atoms with Crippen LogP contribution in [0, 0.1) is 11.3 Å². The third-order valence-corrected chi connectivity index (χ3v) is 2.81. The molecule has 1 N–H and O–H groups in total. The summed E-state index contributed by atoms with van der Waals surface area (Å²) in [6, 6.07) is 8.31. The van der Waals surface area contributed by atoms with Gasteiger partial charge in [-0.1, -0.05) is 13.8 Å². The first-order chi connectivity index (χ1) is 9.02. The average molecular weight is 255 g/mol. The zero-order valence-electron chi connectivity index (χ0n) is 10.7. The molecule has 2 aromatic rings. The molecule has 0 aliphatic heterocycles. The average Bonchev–Trinajstić information content (AvgIpc) is 2.87. The van der Waals surface area contributed by atoms with Gasteiger partial charge in [-0.2, -0.15) is 10.4 Å². The topological polar surface area (TPSA) is 78.9 Å². The van der Waals surface area contributed by atoms with Crippen LogP contribution in [0.4, 0.5) is 0 Å². The van der Waals surface area contributed by atoms with Gasteiger partial charge < -0.3 is 5.11 Å². The van der Waals surface area contributed by atoms with Crippen molar-refractivity contribution in [1.82, 2.24) is 9.78 Å². The molecule has 0 fully saturated rings. The summed E-state index contributed by atoms with van der Waals surface area (Å²) >= 11 is 0. The maximum atomic E-state index is 10.9. The first kappa shape index (κ1) is 12.8. The van der Waals surface area contributed by atoms with Gasteiger partial charge in [0, 0.05) is 6.20 Å².